The van der Waals surface area contributed by atoms with Crippen LogP contribution in [0, 0.1) is 0 Å². The highest BCUT2D eigenvalue weighted by Crippen LogP contribution is 2.38. The van der Waals surface area contributed by atoms with Gasteiger partial charge in [-0.25, -0.2) is 0 Å². The van der Waals surface area contributed by atoms with Gasteiger partial charge < -0.3 is 9.47 Å². The Bertz CT molecular complexity index is 1330. The lowest BCUT2D eigenvalue weighted by Crippen LogP contribution is -2.33. The Morgan fingerprint density at radius 2 is 1.80 bits per heavy atom. The van der Waals surface area contributed by atoms with Gasteiger partial charge in [0.15, 0.2) is 17.3 Å². The lowest BCUT2D eigenvalue weighted by atomic mass is 10.1. The fourth-order valence-electron chi connectivity index (χ4n) is 3.39. The van der Waals surface area contributed by atoms with Crippen LogP contribution in [-0.2, 0) is 11.4 Å². The van der Waals surface area contributed by atoms with Crippen molar-refractivity contribution in [1.82, 2.24) is 4.90 Å². The van der Waals surface area contributed by atoms with Gasteiger partial charge in [-0.05, 0) is 36.0 Å². The maximum Gasteiger partial charge on any atom is 0.293 e. The van der Waals surface area contributed by atoms with Crippen molar-refractivity contribution in [1.29, 1.82) is 0 Å². The summed E-state index contributed by atoms with van der Waals surface area (Å²) in [5, 5.41) is 0.459. The average Bonchev–Trinajstić information content (AvgIpc) is 3.11. The van der Waals surface area contributed by atoms with E-state index in [1.54, 1.807) is 72.8 Å². The fourth-order valence-corrected chi connectivity index (χ4v) is 4.68. The molecular formula is C26H19Cl2NO5S. The molecule has 4 rings (SSSR count). The molecule has 0 atom stereocenters. The highest BCUT2D eigenvalue weighted by Gasteiger charge is 2.36. The molecule has 1 saturated heterocycles. The predicted octanol–water partition coefficient (Wildman–Crippen LogP) is 6.50. The van der Waals surface area contributed by atoms with Crippen LogP contribution in [0.1, 0.15) is 21.5 Å². The molecule has 0 radical (unpaired) electrons. The maximum atomic E-state index is 13.0. The second kappa shape index (κ2) is 11.0. The van der Waals surface area contributed by atoms with Crippen LogP contribution in [0.15, 0.2) is 71.6 Å². The minimum atomic E-state index is -0.543. The molecule has 1 heterocycles. The molecule has 178 valence electrons. The zero-order valence-corrected chi connectivity index (χ0v) is 20.8. The number of hydrogen-bond acceptors (Lipinski definition) is 6. The lowest BCUT2D eigenvalue weighted by Gasteiger charge is -2.14. The number of nitrogens with zero attached hydrogens (tertiary/aromatic N) is 1. The topological polar surface area (TPSA) is 72.9 Å². The molecule has 0 bridgehead atoms. The number of rotatable bonds is 8. The van der Waals surface area contributed by atoms with E-state index in [-0.39, 0.29) is 23.8 Å². The van der Waals surface area contributed by atoms with Gasteiger partial charge in [-0.1, -0.05) is 71.7 Å². The zero-order chi connectivity index (χ0) is 24.9. The number of hydrogen-bond donors (Lipinski definition) is 0. The van der Waals surface area contributed by atoms with Gasteiger partial charge in [0.2, 0.25) is 0 Å². The summed E-state index contributed by atoms with van der Waals surface area (Å²) in [7, 11) is 1.50. The van der Waals surface area contributed by atoms with Gasteiger partial charge in [-0.2, -0.15) is 0 Å². The molecule has 0 aromatic heterocycles. The summed E-state index contributed by atoms with van der Waals surface area (Å²) < 4.78 is 11.5. The third kappa shape index (κ3) is 5.70. The first-order chi connectivity index (χ1) is 16.9. The number of amides is 2. The molecule has 0 N–H and O–H groups in total. The van der Waals surface area contributed by atoms with E-state index in [9.17, 15) is 14.4 Å². The van der Waals surface area contributed by atoms with Gasteiger partial charge in [-0.3, -0.25) is 19.3 Å². The van der Waals surface area contributed by atoms with Crippen LogP contribution in [0.25, 0.3) is 6.08 Å². The van der Waals surface area contributed by atoms with Crippen molar-refractivity contribution in [2.45, 2.75) is 6.61 Å². The normalized spacial score (nSPS) is 14.5. The molecule has 0 aliphatic carbocycles. The van der Waals surface area contributed by atoms with E-state index in [0.717, 1.165) is 16.7 Å². The summed E-state index contributed by atoms with van der Waals surface area (Å²) in [6.45, 7) is -0.202. The Balaban J connectivity index is 1.57. The molecule has 9 heteroatoms. The third-order valence-corrected chi connectivity index (χ3v) is 6.67. The summed E-state index contributed by atoms with van der Waals surface area (Å²) in [6.07, 6.45) is 1.55. The Hall–Kier alpha value is -3.26. The first kappa shape index (κ1) is 24.9. The van der Waals surface area contributed by atoms with Crippen LogP contribution in [-0.4, -0.2) is 35.5 Å². The van der Waals surface area contributed by atoms with Gasteiger partial charge in [0.25, 0.3) is 11.1 Å². The second-order valence-corrected chi connectivity index (χ2v) is 9.30. The molecule has 1 fully saturated rings. The standard InChI is InChI=1S/C26H19Cl2NO5S/c1-33-22-9-5-8-17(24(22)34-15-18-10-11-19(27)13-20(18)28)12-23-25(31)29(26(32)35-23)14-21(30)16-6-3-2-4-7-16/h2-13H,14-15H2,1H3/b23-12+. The van der Waals surface area contributed by atoms with Gasteiger partial charge >= 0.3 is 0 Å². The van der Waals surface area contributed by atoms with Crippen LogP contribution in [0.3, 0.4) is 0 Å². The number of carbonyl (C=O) groups excluding carboxylic acids is 3. The van der Waals surface area contributed by atoms with Gasteiger partial charge in [0, 0.05) is 26.7 Å². The average molecular weight is 528 g/mol. The van der Waals surface area contributed by atoms with Gasteiger partial charge in [0.05, 0.1) is 18.6 Å². The number of imide groups is 1. The first-order valence-corrected chi connectivity index (χ1v) is 12.0. The number of ketones is 1. The Labute approximate surface area is 216 Å². The Kier molecular flexibility index (Phi) is 7.80. The predicted molar refractivity (Wildman–Crippen MR) is 137 cm³/mol. The number of ether oxygens (including phenoxy) is 2. The third-order valence-electron chi connectivity index (χ3n) is 5.17. The van der Waals surface area contributed by atoms with E-state index >= 15 is 0 Å². The molecule has 3 aromatic carbocycles. The summed E-state index contributed by atoms with van der Waals surface area (Å²) in [5.74, 6) is -0.0336. The van der Waals surface area contributed by atoms with E-state index < -0.39 is 11.1 Å². The van der Waals surface area contributed by atoms with Crippen molar-refractivity contribution in [2.24, 2.45) is 0 Å². The van der Waals surface area contributed by atoms with Crippen LogP contribution in [0.5, 0.6) is 11.5 Å². The van der Waals surface area contributed by atoms with E-state index in [4.69, 9.17) is 32.7 Å². The molecule has 35 heavy (non-hydrogen) atoms. The number of carbonyl (C=O) groups is 3. The molecule has 2 amide bonds. The second-order valence-electron chi connectivity index (χ2n) is 7.46. The monoisotopic (exact) mass is 527 g/mol. The molecule has 1 aliphatic heterocycles. The quantitative estimate of drug-likeness (QED) is 0.246. The van der Waals surface area contributed by atoms with Crippen LogP contribution < -0.4 is 9.47 Å². The fraction of sp³-hybridized carbons (Fsp3) is 0.115. The first-order valence-electron chi connectivity index (χ1n) is 10.4. The minimum absolute atomic E-state index is 0.129. The number of Topliss-reactive ketones (excluding diaryl/α,β-unsaturated/α-hetero) is 1. The molecular weight excluding hydrogens is 509 g/mol. The Morgan fingerprint density at radius 3 is 2.51 bits per heavy atom. The van der Waals surface area contributed by atoms with Gasteiger partial charge in [0.1, 0.15) is 6.61 Å². The van der Waals surface area contributed by atoms with E-state index in [0.29, 0.717) is 38.2 Å². The van der Waals surface area contributed by atoms with Crippen LogP contribution >= 0.6 is 35.0 Å². The number of thioether (sulfide) groups is 1. The van der Waals surface area contributed by atoms with Gasteiger partial charge in [-0.15, -0.1) is 0 Å². The highest BCUT2D eigenvalue weighted by atomic mass is 35.5. The van der Waals surface area contributed by atoms with Crippen LogP contribution in [0.2, 0.25) is 10.0 Å². The molecule has 3 aromatic rings. The summed E-state index contributed by atoms with van der Waals surface area (Å²) in [6, 6.07) is 18.8. The van der Waals surface area contributed by atoms with Crippen molar-refractivity contribution in [2.75, 3.05) is 13.7 Å². The highest BCUT2D eigenvalue weighted by molar-refractivity contribution is 8.18. The minimum Gasteiger partial charge on any atom is -0.493 e. The number of halogens is 2. The molecule has 0 spiro atoms. The number of para-hydroxylation sites is 1. The van der Waals surface area contributed by atoms with Crippen molar-refractivity contribution in [3.05, 3.63) is 98.4 Å². The van der Waals surface area contributed by atoms with Crippen molar-refractivity contribution in [3.8, 4) is 11.5 Å². The largest absolute Gasteiger partial charge is 0.493 e. The van der Waals surface area contributed by atoms with E-state index in [1.807, 2.05) is 0 Å². The molecule has 1 aliphatic rings. The smallest absolute Gasteiger partial charge is 0.293 e. The summed E-state index contributed by atoms with van der Waals surface area (Å²) in [4.78, 5) is 39.2. The molecule has 0 unspecified atom stereocenters. The lowest BCUT2D eigenvalue weighted by molar-refractivity contribution is -0.122. The van der Waals surface area contributed by atoms with Crippen molar-refractivity contribution in [3.63, 3.8) is 0 Å². The zero-order valence-electron chi connectivity index (χ0n) is 18.5. The number of benzene rings is 3. The van der Waals surface area contributed by atoms with E-state index in [1.165, 1.54) is 7.11 Å². The van der Waals surface area contributed by atoms with Crippen molar-refractivity contribution >= 4 is 58.0 Å². The summed E-state index contributed by atoms with van der Waals surface area (Å²) in [5.41, 5.74) is 1.68. The Morgan fingerprint density at radius 1 is 1.03 bits per heavy atom. The summed E-state index contributed by atoms with van der Waals surface area (Å²) >= 11 is 13.0. The molecule has 0 saturated carbocycles. The van der Waals surface area contributed by atoms with Crippen molar-refractivity contribution < 1.29 is 23.9 Å². The molecule has 6 nitrogen and oxygen atoms in total. The van der Waals surface area contributed by atoms with Crippen LogP contribution in [0.4, 0.5) is 4.79 Å². The maximum absolute atomic E-state index is 13.0. The van der Waals surface area contributed by atoms with E-state index in [2.05, 4.69) is 0 Å². The SMILES string of the molecule is COc1cccc(/C=C2/SC(=O)N(CC(=O)c3ccccc3)C2=O)c1OCc1ccc(Cl)cc1Cl. The number of methoxy groups -OCH3 is 1.